The Balaban J connectivity index is 1.96. The summed E-state index contributed by atoms with van der Waals surface area (Å²) in [6.07, 6.45) is 3.79. The van der Waals surface area contributed by atoms with Gasteiger partial charge in [0.05, 0.1) is 18.0 Å². The quantitative estimate of drug-likeness (QED) is 0.832. The second kappa shape index (κ2) is 5.39. The summed E-state index contributed by atoms with van der Waals surface area (Å²) in [4.78, 5) is 0. The molecule has 0 aliphatic carbocycles. The number of H-pyrrole nitrogens is 1. The van der Waals surface area contributed by atoms with Crippen LogP contribution in [0.2, 0.25) is 0 Å². The van der Waals surface area contributed by atoms with Crippen molar-refractivity contribution in [2.75, 3.05) is 5.32 Å². The number of benzene rings is 1. The number of aromatic nitrogens is 2. The van der Waals surface area contributed by atoms with Gasteiger partial charge in [-0.1, -0.05) is 12.1 Å². The molecule has 0 saturated carbocycles. The van der Waals surface area contributed by atoms with E-state index in [0.717, 1.165) is 18.0 Å². The zero-order valence-corrected chi connectivity index (χ0v) is 10.1. The molecule has 2 rings (SSSR count). The Morgan fingerprint density at radius 2 is 2.29 bits per heavy atom. The molecule has 2 aromatic rings. The summed E-state index contributed by atoms with van der Waals surface area (Å²) in [5.74, 6) is 0.909. The van der Waals surface area contributed by atoms with Crippen LogP contribution in [-0.2, 0) is 6.54 Å². The van der Waals surface area contributed by atoms with E-state index in [9.17, 15) is 0 Å². The third kappa shape index (κ3) is 3.52. The molecule has 90 valence electrons. The van der Waals surface area contributed by atoms with Crippen molar-refractivity contribution in [1.29, 1.82) is 0 Å². The third-order valence-corrected chi connectivity index (χ3v) is 2.27. The zero-order chi connectivity index (χ0) is 12.1. The lowest BCUT2D eigenvalue weighted by Crippen LogP contribution is -2.06. The Labute approximate surface area is 101 Å². The maximum absolute atomic E-state index is 5.65. The van der Waals surface area contributed by atoms with Crippen LogP contribution in [0.1, 0.15) is 19.4 Å². The third-order valence-electron chi connectivity index (χ3n) is 2.27. The van der Waals surface area contributed by atoms with E-state index in [0.29, 0.717) is 0 Å². The van der Waals surface area contributed by atoms with Crippen LogP contribution in [0.3, 0.4) is 0 Å². The lowest BCUT2D eigenvalue weighted by molar-refractivity contribution is 0.242. The number of nitrogens with one attached hydrogen (secondary N) is 2. The summed E-state index contributed by atoms with van der Waals surface area (Å²) >= 11 is 0. The average Bonchev–Trinajstić information content (AvgIpc) is 2.79. The van der Waals surface area contributed by atoms with Crippen LogP contribution in [0.5, 0.6) is 5.75 Å². The van der Waals surface area contributed by atoms with Gasteiger partial charge in [-0.05, 0) is 31.5 Å². The summed E-state index contributed by atoms with van der Waals surface area (Å²) in [5.41, 5.74) is 2.17. The molecule has 0 atom stereocenters. The molecule has 0 unspecified atom stereocenters. The number of hydrogen-bond donors (Lipinski definition) is 2. The van der Waals surface area contributed by atoms with Gasteiger partial charge in [-0.2, -0.15) is 5.10 Å². The number of rotatable bonds is 5. The topological polar surface area (TPSA) is 49.9 Å². The molecule has 0 aliphatic heterocycles. The number of anilines is 1. The molecule has 17 heavy (non-hydrogen) atoms. The van der Waals surface area contributed by atoms with Crippen molar-refractivity contribution >= 4 is 5.69 Å². The van der Waals surface area contributed by atoms with Gasteiger partial charge >= 0.3 is 0 Å². The highest BCUT2D eigenvalue weighted by Crippen LogP contribution is 2.16. The predicted molar refractivity (Wildman–Crippen MR) is 68.1 cm³/mol. The van der Waals surface area contributed by atoms with Crippen molar-refractivity contribution in [3.05, 3.63) is 42.2 Å². The second-order valence-electron chi connectivity index (χ2n) is 4.15. The summed E-state index contributed by atoms with van der Waals surface area (Å²) in [5, 5.41) is 9.92. The highest BCUT2D eigenvalue weighted by atomic mass is 16.5. The van der Waals surface area contributed by atoms with Gasteiger partial charge in [0.25, 0.3) is 0 Å². The first-order valence-electron chi connectivity index (χ1n) is 5.72. The number of ether oxygens (including phenoxy) is 1. The van der Waals surface area contributed by atoms with E-state index in [1.165, 1.54) is 5.56 Å². The molecular weight excluding hydrogens is 214 g/mol. The second-order valence-corrected chi connectivity index (χ2v) is 4.15. The van der Waals surface area contributed by atoms with Gasteiger partial charge < -0.3 is 10.1 Å². The van der Waals surface area contributed by atoms with E-state index in [-0.39, 0.29) is 6.10 Å². The maximum Gasteiger partial charge on any atom is 0.120 e. The molecule has 4 nitrogen and oxygen atoms in total. The summed E-state index contributed by atoms with van der Waals surface area (Å²) in [7, 11) is 0. The normalized spacial score (nSPS) is 10.5. The fourth-order valence-corrected chi connectivity index (χ4v) is 1.55. The molecular formula is C13H17N3O. The number of hydrogen-bond acceptors (Lipinski definition) is 3. The molecule has 1 aromatic heterocycles. The van der Waals surface area contributed by atoms with Crippen LogP contribution >= 0.6 is 0 Å². The molecule has 2 N–H and O–H groups in total. The van der Waals surface area contributed by atoms with Crippen molar-refractivity contribution in [2.45, 2.75) is 26.5 Å². The molecule has 0 aliphatic rings. The molecule has 0 fully saturated rings. The SMILES string of the molecule is CC(C)Oc1cccc(CNc2cn[nH]c2)c1. The smallest absolute Gasteiger partial charge is 0.120 e. The molecule has 0 radical (unpaired) electrons. The fraction of sp³-hybridized carbons (Fsp3) is 0.308. The maximum atomic E-state index is 5.65. The summed E-state index contributed by atoms with van der Waals surface area (Å²) in [6.45, 7) is 4.81. The van der Waals surface area contributed by atoms with Gasteiger partial charge in [-0.15, -0.1) is 0 Å². The minimum Gasteiger partial charge on any atom is -0.491 e. The predicted octanol–water partition coefficient (Wildman–Crippen LogP) is 2.81. The van der Waals surface area contributed by atoms with Gasteiger partial charge in [0.2, 0.25) is 0 Å². The Morgan fingerprint density at radius 1 is 1.41 bits per heavy atom. The van der Waals surface area contributed by atoms with E-state index in [1.807, 2.05) is 38.2 Å². The Hall–Kier alpha value is -1.97. The standard InChI is InChI=1S/C13H17N3O/c1-10(2)17-13-5-3-4-11(6-13)7-14-12-8-15-16-9-12/h3-6,8-10,14H,7H2,1-2H3,(H,15,16). The number of nitrogens with zero attached hydrogens (tertiary/aromatic N) is 1. The lowest BCUT2D eigenvalue weighted by atomic mass is 10.2. The Kier molecular flexibility index (Phi) is 3.65. The van der Waals surface area contributed by atoms with E-state index in [4.69, 9.17) is 4.74 Å². The highest BCUT2D eigenvalue weighted by molar-refractivity contribution is 5.39. The van der Waals surface area contributed by atoms with Gasteiger partial charge in [-0.25, -0.2) is 0 Å². The molecule has 1 heterocycles. The number of aromatic amines is 1. The Morgan fingerprint density at radius 3 is 3.00 bits per heavy atom. The monoisotopic (exact) mass is 231 g/mol. The Bertz CT molecular complexity index is 451. The first kappa shape index (κ1) is 11.5. The molecule has 0 saturated heterocycles. The lowest BCUT2D eigenvalue weighted by Gasteiger charge is -2.11. The largest absolute Gasteiger partial charge is 0.491 e. The minimum atomic E-state index is 0.201. The van der Waals surface area contributed by atoms with Crippen LogP contribution in [0, 0.1) is 0 Å². The van der Waals surface area contributed by atoms with Gasteiger partial charge in [-0.3, -0.25) is 5.10 Å². The minimum absolute atomic E-state index is 0.201. The van der Waals surface area contributed by atoms with Crippen LogP contribution in [0.25, 0.3) is 0 Å². The van der Waals surface area contributed by atoms with Gasteiger partial charge in [0.1, 0.15) is 5.75 Å². The van der Waals surface area contributed by atoms with E-state index >= 15 is 0 Å². The summed E-state index contributed by atoms with van der Waals surface area (Å²) < 4.78 is 5.65. The van der Waals surface area contributed by atoms with Crippen LogP contribution in [0.15, 0.2) is 36.7 Å². The molecule has 1 aromatic carbocycles. The van der Waals surface area contributed by atoms with Crippen LogP contribution in [-0.4, -0.2) is 16.3 Å². The van der Waals surface area contributed by atoms with Crippen LogP contribution < -0.4 is 10.1 Å². The molecule has 0 bridgehead atoms. The van der Waals surface area contributed by atoms with Crippen molar-refractivity contribution in [2.24, 2.45) is 0 Å². The van der Waals surface area contributed by atoms with Crippen LogP contribution in [0.4, 0.5) is 5.69 Å². The fourth-order valence-electron chi connectivity index (χ4n) is 1.55. The average molecular weight is 231 g/mol. The van der Waals surface area contributed by atoms with E-state index < -0.39 is 0 Å². The first-order chi connectivity index (χ1) is 8.24. The van der Waals surface area contributed by atoms with Crippen molar-refractivity contribution in [3.8, 4) is 5.75 Å². The van der Waals surface area contributed by atoms with E-state index in [1.54, 1.807) is 6.20 Å². The van der Waals surface area contributed by atoms with E-state index in [2.05, 4.69) is 21.6 Å². The van der Waals surface area contributed by atoms with Crippen molar-refractivity contribution in [3.63, 3.8) is 0 Å². The van der Waals surface area contributed by atoms with Gasteiger partial charge in [0, 0.05) is 12.7 Å². The highest BCUT2D eigenvalue weighted by Gasteiger charge is 2.00. The zero-order valence-electron chi connectivity index (χ0n) is 10.1. The molecule has 0 amide bonds. The summed E-state index contributed by atoms with van der Waals surface area (Å²) in [6, 6.07) is 8.10. The van der Waals surface area contributed by atoms with Gasteiger partial charge in [0.15, 0.2) is 0 Å². The van der Waals surface area contributed by atoms with Crippen molar-refractivity contribution < 1.29 is 4.74 Å². The molecule has 0 spiro atoms. The molecule has 4 heteroatoms. The first-order valence-corrected chi connectivity index (χ1v) is 5.72. The van der Waals surface area contributed by atoms with Crippen molar-refractivity contribution in [1.82, 2.24) is 10.2 Å².